The Morgan fingerprint density at radius 1 is 1.26 bits per heavy atom. The molecule has 2 aliphatic heterocycles. The second kappa shape index (κ2) is 10.4. The maximum absolute atomic E-state index is 14.3. The fraction of sp³-hybridized carbons (Fsp3) is 0.667. The lowest BCUT2D eigenvalue weighted by Crippen LogP contribution is -2.58. The van der Waals surface area contributed by atoms with Gasteiger partial charge in [0.15, 0.2) is 0 Å². The smallest absolute Gasteiger partial charge is 0.406 e. The molecule has 0 aromatic heterocycles. The summed E-state index contributed by atoms with van der Waals surface area (Å²) in [5.74, 6) is 1.89. The Morgan fingerprint density at radius 2 is 1.97 bits per heavy atom. The molecule has 184 valence electrons. The second-order valence-corrected chi connectivity index (χ2v) is 10.5. The number of benzene rings is 1. The Labute approximate surface area is 203 Å². The summed E-state index contributed by atoms with van der Waals surface area (Å²) >= 11 is 0. The van der Waals surface area contributed by atoms with E-state index in [1.54, 1.807) is 0 Å². The number of carbonyl (C=O) groups is 2. The van der Waals surface area contributed by atoms with Crippen molar-refractivity contribution in [2.75, 3.05) is 33.3 Å². The molecule has 0 bridgehead atoms. The average molecular weight is 467 g/mol. The van der Waals surface area contributed by atoms with Crippen LogP contribution in [0.4, 0.5) is 4.79 Å². The number of nitriles is 1. The molecule has 2 heterocycles. The highest BCUT2D eigenvalue weighted by atomic mass is 16.5. The SMILES string of the molecule is CNC(=O)OCCN1C(=O)C2(CCNCC2)c2ccc(C#N)cc2C1C1CCC(C(C)C)CC1. The van der Waals surface area contributed by atoms with Gasteiger partial charge >= 0.3 is 6.09 Å². The molecule has 1 aromatic carbocycles. The highest BCUT2D eigenvalue weighted by Crippen LogP contribution is 2.51. The van der Waals surface area contributed by atoms with Crippen LogP contribution in [0.25, 0.3) is 0 Å². The number of piperidine rings is 1. The highest BCUT2D eigenvalue weighted by Gasteiger charge is 2.52. The average Bonchev–Trinajstić information content (AvgIpc) is 2.87. The molecule has 1 saturated carbocycles. The number of ether oxygens (including phenoxy) is 1. The number of hydrogen-bond acceptors (Lipinski definition) is 5. The molecule has 4 rings (SSSR count). The third-order valence-corrected chi connectivity index (χ3v) is 8.45. The molecular weight excluding hydrogens is 428 g/mol. The Kier molecular flexibility index (Phi) is 7.47. The van der Waals surface area contributed by atoms with Gasteiger partial charge in [0.25, 0.3) is 0 Å². The number of fused-ring (bicyclic) bond motifs is 2. The molecule has 2 fully saturated rings. The third kappa shape index (κ3) is 4.53. The molecule has 1 atom stereocenters. The molecule has 1 saturated heterocycles. The molecule has 7 heteroatoms. The van der Waals surface area contributed by atoms with Gasteiger partial charge in [-0.1, -0.05) is 19.9 Å². The number of carbonyl (C=O) groups excluding carboxylic acids is 2. The van der Waals surface area contributed by atoms with E-state index >= 15 is 0 Å². The van der Waals surface area contributed by atoms with Gasteiger partial charge in [-0.05, 0) is 92.6 Å². The van der Waals surface area contributed by atoms with Crippen LogP contribution in [-0.4, -0.2) is 50.2 Å². The predicted octanol–water partition coefficient (Wildman–Crippen LogP) is 3.88. The van der Waals surface area contributed by atoms with Crippen molar-refractivity contribution in [1.29, 1.82) is 5.26 Å². The zero-order chi connectivity index (χ0) is 24.3. The molecule has 1 aromatic rings. The molecular formula is C27H38N4O3. The van der Waals surface area contributed by atoms with Crippen LogP contribution in [0.1, 0.15) is 75.1 Å². The lowest BCUT2D eigenvalue weighted by Gasteiger charge is -2.52. The van der Waals surface area contributed by atoms with Crippen molar-refractivity contribution in [3.63, 3.8) is 0 Å². The minimum absolute atomic E-state index is 0.0855. The zero-order valence-electron chi connectivity index (χ0n) is 20.7. The summed E-state index contributed by atoms with van der Waals surface area (Å²) in [6, 6.07) is 8.16. The first-order valence-corrected chi connectivity index (χ1v) is 12.8. The van der Waals surface area contributed by atoms with Crippen LogP contribution in [-0.2, 0) is 14.9 Å². The van der Waals surface area contributed by atoms with Crippen LogP contribution in [0.15, 0.2) is 18.2 Å². The normalized spacial score (nSPS) is 26.1. The van der Waals surface area contributed by atoms with E-state index in [0.717, 1.165) is 68.7 Å². The largest absolute Gasteiger partial charge is 0.448 e. The Hall–Kier alpha value is -2.59. The first kappa shape index (κ1) is 24.5. The van der Waals surface area contributed by atoms with Crippen molar-refractivity contribution in [1.82, 2.24) is 15.5 Å². The number of alkyl carbamates (subject to hydrolysis) is 1. The van der Waals surface area contributed by atoms with Crippen molar-refractivity contribution < 1.29 is 14.3 Å². The van der Waals surface area contributed by atoms with Crippen molar-refractivity contribution in [2.45, 2.75) is 63.8 Å². The fourth-order valence-electron chi connectivity index (χ4n) is 6.52. The standard InChI is InChI=1S/C27H38N4O3/c1-18(2)20-5-7-21(8-6-20)24-22-16-19(17-28)4-9-23(22)27(10-12-30-13-11-27)25(32)31(24)14-15-34-26(33)29-3/h4,9,16,18,20-21,24,30H,5-8,10-15H2,1-3H3,(H,29,33). The molecule has 7 nitrogen and oxygen atoms in total. The van der Waals surface area contributed by atoms with Gasteiger partial charge in [-0.2, -0.15) is 5.26 Å². The van der Waals surface area contributed by atoms with Crippen LogP contribution in [0, 0.1) is 29.1 Å². The van der Waals surface area contributed by atoms with Crippen molar-refractivity contribution in [2.24, 2.45) is 17.8 Å². The Bertz CT molecular complexity index is 940. The van der Waals surface area contributed by atoms with Crippen LogP contribution >= 0.6 is 0 Å². The maximum Gasteiger partial charge on any atom is 0.406 e. The Morgan fingerprint density at radius 3 is 2.59 bits per heavy atom. The first-order chi connectivity index (χ1) is 16.4. The minimum atomic E-state index is -0.576. The van der Waals surface area contributed by atoms with Gasteiger partial charge in [0.2, 0.25) is 5.91 Å². The monoisotopic (exact) mass is 466 g/mol. The zero-order valence-corrected chi connectivity index (χ0v) is 20.7. The first-order valence-electron chi connectivity index (χ1n) is 12.8. The van der Waals surface area contributed by atoms with Gasteiger partial charge in [-0.3, -0.25) is 4.79 Å². The summed E-state index contributed by atoms with van der Waals surface area (Å²) in [4.78, 5) is 28.0. The second-order valence-electron chi connectivity index (χ2n) is 10.5. The Balaban J connectivity index is 1.74. The molecule has 1 aliphatic carbocycles. The predicted molar refractivity (Wildman–Crippen MR) is 130 cm³/mol. The van der Waals surface area contributed by atoms with Gasteiger partial charge in [0.05, 0.1) is 29.6 Å². The van der Waals surface area contributed by atoms with E-state index in [1.807, 2.05) is 23.1 Å². The van der Waals surface area contributed by atoms with Crippen molar-refractivity contribution >= 4 is 12.0 Å². The van der Waals surface area contributed by atoms with Gasteiger partial charge in [0, 0.05) is 7.05 Å². The number of hydrogen-bond donors (Lipinski definition) is 2. The summed E-state index contributed by atoms with van der Waals surface area (Å²) in [5, 5.41) is 15.6. The molecule has 3 aliphatic rings. The molecule has 2 amide bonds. The number of rotatable bonds is 5. The summed E-state index contributed by atoms with van der Waals surface area (Å²) in [5.41, 5.74) is 2.30. The lowest BCUT2D eigenvalue weighted by atomic mass is 9.63. The topological polar surface area (TPSA) is 94.5 Å². The summed E-state index contributed by atoms with van der Waals surface area (Å²) in [6.07, 6.45) is 5.46. The molecule has 2 N–H and O–H groups in total. The van der Waals surface area contributed by atoms with E-state index in [1.165, 1.54) is 7.05 Å². The van der Waals surface area contributed by atoms with Gasteiger partial charge in [-0.15, -0.1) is 0 Å². The van der Waals surface area contributed by atoms with E-state index in [9.17, 15) is 14.9 Å². The molecule has 1 unspecified atom stereocenters. The van der Waals surface area contributed by atoms with Crippen molar-refractivity contribution in [3.05, 3.63) is 34.9 Å². The maximum atomic E-state index is 14.3. The van der Waals surface area contributed by atoms with Gasteiger partial charge in [-0.25, -0.2) is 4.79 Å². The number of nitrogens with one attached hydrogen (secondary N) is 2. The van der Waals surface area contributed by atoms with E-state index in [4.69, 9.17) is 4.74 Å². The molecule has 34 heavy (non-hydrogen) atoms. The van der Waals surface area contributed by atoms with Gasteiger partial charge in [0.1, 0.15) is 6.61 Å². The summed E-state index contributed by atoms with van der Waals surface area (Å²) in [7, 11) is 1.54. The van der Waals surface area contributed by atoms with Crippen LogP contribution < -0.4 is 10.6 Å². The fourth-order valence-corrected chi connectivity index (χ4v) is 6.52. The minimum Gasteiger partial charge on any atom is -0.448 e. The van der Waals surface area contributed by atoms with Gasteiger partial charge < -0.3 is 20.3 Å². The van der Waals surface area contributed by atoms with Crippen LogP contribution in [0.2, 0.25) is 0 Å². The van der Waals surface area contributed by atoms with E-state index in [-0.39, 0.29) is 18.6 Å². The third-order valence-electron chi connectivity index (χ3n) is 8.45. The highest BCUT2D eigenvalue weighted by molar-refractivity contribution is 5.91. The number of amides is 2. The number of nitrogens with zero attached hydrogens (tertiary/aromatic N) is 2. The lowest BCUT2D eigenvalue weighted by molar-refractivity contribution is -0.146. The summed E-state index contributed by atoms with van der Waals surface area (Å²) in [6.45, 7) is 6.70. The molecule has 0 radical (unpaired) electrons. The van der Waals surface area contributed by atoms with Crippen LogP contribution in [0.5, 0.6) is 0 Å². The quantitative estimate of drug-likeness (QED) is 0.687. The van der Waals surface area contributed by atoms with E-state index < -0.39 is 11.5 Å². The van der Waals surface area contributed by atoms with Crippen LogP contribution in [0.3, 0.4) is 0 Å². The van der Waals surface area contributed by atoms with E-state index in [0.29, 0.717) is 23.9 Å². The van der Waals surface area contributed by atoms with Crippen molar-refractivity contribution in [3.8, 4) is 6.07 Å². The summed E-state index contributed by atoms with van der Waals surface area (Å²) < 4.78 is 5.33. The van der Waals surface area contributed by atoms with E-state index in [2.05, 4.69) is 30.6 Å². The molecule has 1 spiro atoms.